The number of rotatable bonds is 2. The van der Waals surface area contributed by atoms with Gasteiger partial charge in [0.15, 0.2) is 0 Å². The second-order valence-corrected chi connectivity index (χ2v) is 2.78. The van der Waals surface area contributed by atoms with Crippen LogP contribution >= 0.6 is 0 Å². The monoisotopic (exact) mass is 151 g/mol. The molecular weight excluding hydrogens is 138 g/mol. The van der Waals surface area contributed by atoms with Crippen molar-refractivity contribution in [3.8, 4) is 0 Å². The van der Waals surface area contributed by atoms with Gasteiger partial charge < -0.3 is 4.98 Å². The van der Waals surface area contributed by atoms with Crippen LogP contribution in [0.15, 0.2) is 23.0 Å². The maximum absolute atomic E-state index is 10.9. The first-order valence-electron chi connectivity index (χ1n) is 3.93. The van der Waals surface area contributed by atoms with Gasteiger partial charge in [-0.15, -0.1) is 0 Å². The average molecular weight is 151 g/mol. The molecule has 0 saturated carbocycles. The number of nitrogens with one attached hydrogen (secondary N) is 1. The summed E-state index contributed by atoms with van der Waals surface area (Å²) < 4.78 is 0. The van der Waals surface area contributed by atoms with Crippen LogP contribution in [-0.4, -0.2) is 4.98 Å². The molecule has 60 valence electrons. The molecule has 2 heteroatoms. The zero-order chi connectivity index (χ0) is 8.27. The molecule has 1 rings (SSSR count). The molecule has 0 bridgehead atoms. The Bertz CT molecular complexity index is 277. The normalized spacial score (nSPS) is 12.9. The highest BCUT2D eigenvalue weighted by molar-refractivity contribution is 5.07. The highest BCUT2D eigenvalue weighted by Crippen LogP contribution is 2.13. The van der Waals surface area contributed by atoms with E-state index in [1.165, 1.54) is 6.07 Å². The Morgan fingerprint density at radius 2 is 2.27 bits per heavy atom. The third-order valence-electron chi connectivity index (χ3n) is 1.93. The maximum Gasteiger partial charge on any atom is 0.248 e. The Morgan fingerprint density at radius 1 is 1.55 bits per heavy atom. The standard InChI is InChI=1S/C9H13NO/c1-3-7(2)8-5-4-6-9(11)10-8/h4-7H,3H2,1-2H3,(H,10,11)/t7-/m1/s1. The predicted molar refractivity (Wildman–Crippen MR) is 45.8 cm³/mol. The van der Waals surface area contributed by atoms with Crippen LogP contribution in [0.5, 0.6) is 0 Å². The van der Waals surface area contributed by atoms with Crippen molar-refractivity contribution in [2.24, 2.45) is 0 Å². The van der Waals surface area contributed by atoms with Crippen LogP contribution < -0.4 is 5.56 Å². The fourth-order valence-electron chi connectivity index (χ4n) is 0.972. The lowest BCUT2D eigenvalue weighted by Crippen LogP contribution is -2.07. The Morgan fingerprint density at radius 3 is 2.82 bits per heavy atom. The van der Waals surface area contributed by atoms with Crippen LogP contribution in [0.3, 0.4) is 0 Å². The molecule has 0 unspecified atom stereocenters. The van der Waals surface area contributed by atoms with Gasteiger partial charge in [0.05, 0.1) is 0 Å². The number of hydrogen-bond donors (Lipinski definition) is 1. The van der Waals surface area contributed by atoms with Crippen molar-refractivity contribution < 1.29 is 0 Å². The first kappa shape index (κ1) is 8.05. The maximum atomic E-state index is 10.9. The topological polar surface area (TPSA) is 32.9 Å². The van der Waals surface area contributed by atoms with E-state index in [2.05, 4.69) is 18.8 Å². The summed E-state index contributed by atoms with van der Waals surface area (Å²) in [4.78, 5) is 13.7. The highest BCUT2D eigenvalue weighted by atomic mass is 16.1. The summed E-state index contributed by atoms with van der Waals surface area (Å²) in [6.07, 6.45) is 1.06. The van der Waals surface area contributed by atoms with E-state index >= 15 is 0 Å². The van der Waals surface area contributed by atoms with E-state index in [9.17, 15) is 4.79 Å². The molecule has 0 amide bonds. The molecule has 1 heterocycles. The van der Waals surface area contributed by atoms with Gasteiger partial charge in [-0.3, -0.25) is 4.79 Å². The molecule has 0 aliphatic carbocycles. The van der Waals surface area contributed by atoms with Crippen LogP contribution in [0.2, 0.25) is 0 Å². The lowest BCUT2D eigenvalue weighted by atomic mass is 10.1. The van der Waals surface area contributed by atoms with Crippen molar-refractivity contribution in [1.29, 1.82) is 0 Å². The minimum absolute atomic E-state index is 0.0113. The van der Waals surface area contributed by atoms with Gasteiger partial charge in [-0.25, -0.2) is 0 Å². The number of hydrogen-bond acceptors (Lipinski definition) is 1. The minimum atomic E-state index is -0.0113. The molecule has 2 nitrogen and oxygen atoms in total. The third-order valence-corrected chi connectivity index (χ3v) is 1.93. The van der Waals surface area contributed by atoms with Gasteiger partial charge in [0.2, 0.25) is 5.56 Å². The fraction of sp³-hybridized carbons (Fsp3) is 0.444. The molecule has 0 aliphatic rings. The lowest BCUT2D eigenvalue weighted by Gasteiger charge is -2.06. The van der Waals surface area contributed by atoms with E-state index in [-0.39, 0.29) is 5.56 Å². The number of pyridine rings is 1. The summed E-state index contributed by atoms with van der Waals surface area (Å²) >= 11 is 0. The van der Waals surface area contributed by atoms with Crippen molar-refractivity contribution in [3.05, 3.63) is 34.2 Å². The molecule has 0 aliphatic heterocycles. The van der Waals surface area contributed by atoms with Crippen molar-refractivity contribution >= 4 is 0 Å². The Kier molecular flexibility index (Phi) is 2.47. The summed E-state index contributed by atoms with van der Waals surface area (Å²) in [5, 5.41) is 0. The van der Waals surface area contributed by atoms with Crippen molar-refractivity contribution in [1.82, 2.24) is 4.98 Å². The zero-order valence-electron chi connectivity index (χ0n) is 6.92. The van der Waals surface area contributed by atoms with Crippen LogP contribution in [0.25, 0.3) is 0 Å². The molecule has 1 atom stereocenters. The zero-order valence-corrected chi connectivity index (χ0v) is 6.92. The van der Waals surface area contributed by atoms with Crippen molar-refractivity contribution in [2.75, 3.05) is 0 Å². The summed E-state index contributed by atoms with van der Waals surface area (Å²) in [5.74, 6) is 0.448. The summed E-state index contributed by atoms with van der Waals surface area (Å²) in [5.41, 5.74) is 1.02. The highest BCUT2D eigenvalue weighted by Gasteiger charge is 2.01. The largest absolute Gasteiger partial charge is 0.326 e. The van der Waals surface area contributed by atoms with Crippen LogP contribution in [0, 0.1) is 0 Å². The molecular formula is C9H13NO. The molecule has 0 spiro atoms. The molecule has 1 aromatic rings. The molecule has 1 N–H and O–H groups in total. The van der Waals surface area contributed by atoms with Crippen molar-refractivity contribution in [3.63, 3.8) is 0 Å². The molecule has 0 saturated heterocycles. The quantitative estimate of drug-likeness (QED) is 0.687. The van der Waals surface area contributed by atoms with Gasteiger partial charge in [0.25, 0.3) is 0 Å². The number of aromatic nitrogens is 1. The van der Waals surface area contributed by atoms with Gasteiger partial charge in [0, 0.05) is 11.8 Å². The molecule has 11 heavy (non-hydrogen) atoms. The van der Waals surface area contributed by atoms with E-state index < -0.39 is 0 Å². The fourth-order valence-corrected chi connectivity index (χ4v) is 0.972. The Labute approximate surface area is 66.3 Å². The summed E-state index contributed by atoms with van der Waals surface area (Å²) in [6.45, 7) is 4.21. The lowest BCUT2D eigenvalue weighted by molar-refractivity contribution is 0.705. The molecule has 1 aromatic heterocycles. The third kappa shape index (κ3) is 1.93. The van der Waals surface area contributed by atoms with Crippen LogP contribution in [-0.2, 0) is 0 Å². The van der Waals surface area contributed by atoms with Gasteiger partial charge in [-0.05, 0) is 18.4 Å². The van der Waals surface area contributed by atoms with Gasteiger partial charge in [-0.1, -0.05) is 19.9 Å². The summed E-state index contributed by atoms with van der Waals surface area (Å²) in [7, 11) is 0. The Balaban J connectivity index is 2.96. The van der Waals surface area contributed by atoms with Gasteiger partial charge in [0.1, 0.15) is 0 Å². The summed E-state index contributed by atoms with van der Waals surface area (Å²) in [6, 6.07) is 5.28. The number of H-pyrrole nitrogens is 1. The van der Waals surface area contributed by atoms with E-state index in [1.807, 2.05) is 6.07 Å². The smallest absolute Gasteiger partial charge is 0.248 e. The van der Waals surface area contributed by atoms with Gasteiger partial charge in [-0.2, -0.15) is 0 Å². The van der Waals surface area contributed by atoms with Crippen LogP contribution in [0.1, 0.15) is 31.9 Å². The van der Waals surface area contributed by atoms with E-state index in [4.69, 9.17) is 0 Å². The minimum Gasteiger partial charge on any atom is -0.326 e. The SMILES string of the molecule is CC[C@@H](C)c1cccc(=O)[nH]1. The molecule has 0 fully saturated rings. The Hall–Kier alpha value is -1.05. The van der Waals surface area contributed by atoms with E-state index in [1.54, 1.807) is 6.07 Å². The first-order valence-corrected chi connectivity index (χ1v) is 3.93. The van der Waals surface area contributed by atoms with E-state index in [0.717, 1.165) is 12.1 Å². The predicted octanol–water partition coefficient (Wildman–Crippen LogP) is 1.89. The van der Waals surface area contributed by atoms with Crippen LogP contribution in [0.4, 0.5) is 0 Å². The van der Waals surface area contributed by atoms with Gasteiger partial charge >= 0.3 is 0 Å². The van der Waals surface area contributed by atoms with Crippen molar-refractivity contribution in [2.45, 2.75) is 26.2 Å². The molecule has 0 aromatic carbocycles. The van der Waals surface area contributed by atoms with E-state index in [0.29, 0.717) is 5.92 Å². The molecule has 0 radical (unpaired) electrons. The first-order chi connectivity index (χ1) is 5.24. The number of aromatic amines is 1. The second kappa shape index (κ2) is 3.37. The second-order valence-electron chi connectivity index (χ2n) is 2.78. The average Bonchev–Trinajstić information content (AvgIpc) is 2.03.